The van der Waals surface area contributed by atoms with E-state index in [1.807, 2.05) is 20.8 Å². The molecule has 0 aromatic rings. The lowest BCUT2D eigenvalue weighted by Gasteiger charge is -2.36. The Morgan fingerprint density at radius 3 is 2.11 bits per heavy atom. The van der Waals surface area contributed by atoms with Gasteiger partial charge in [0.25, 0.3) is 0 Å². The maximum absolute atomic E-state index is 12.3. The van der Waals surface area contributed by atoms with E-state index in [1.165, 1.54) is 4.90 Å². The number of hydrogen-bond donors (Lipinski definition) is 2. The number of nitrogens with two attached hydrogens (primary N) is 1. The Hall–Kier alpha value is -1.30. The van der Waals surface area contributed by atoms with Gasteiger partial charge in [0.1, 0.15) is 0 Å². The highest BCUT2D eigenvalue weighted by Crippen LogP contribution is 2.32. The Balaban J connectivity index is 2.03. The Labute approximate surface area is 107 Å². The van der Waals surface area contributed by atoms with Crippen molar-refractivity contribution in [2.24, 2.45) is 11.1 Å². The molecule has 2 fully saturated rings. The van der Waals surface area contributed by atoms with Crippen molar-refractivity contribution >= 4 is 12.0 Å². The lowest BCUT2D eigenvalue weighted by molar-refractivity contribution is -0.137. The number of carbonyl (C=O) groups excluding carboxylic acids is 1. The molecule has 3 atom stereocenters. The summed E-state index contributed by atoms with van der Waals surface area (Å²) in [6.45, 7) is 6.72. The van der Waals surface area contributed by atoms with E-state index in [4.69, 9.17) is 10.8 Å². The molecular weight excluding hydrogens is 234 g/mol. The molecule has 0 spiro atoms. The topological polar surface area (TPSA) is 86.9 Å². The summed E-state index contributed by atoms with van der Waals surface area (Å²) in [5, 5.41) is 9.00. The number of carbonyl (C=O) groups is 2. The minimum atomic E-state index is -0.894. The summed E-state index contributed by atoms with van der Waals surface area (Å²) in [4.78, 5) is 26.4. The summed E-state index contributed by atoms with van der Waals surface area (Å²) < 4.78 is 0. The number of rotatable bonds is 1. The van der Waals surface area contributed by atoms with Gasteiger partial charge in [-0.1, -0.05) is 20.8 Å². The van der Waals surface area contributed by atoms with Crippen molar-refractivity contribution in [3.05, 3.63) is 0 Å². The molecule has 0 radical (unpaired) electrons. The number of hydrogen-bond acceptors (Lipinski definition) is 3. The molecule has 2 saturated heterocycles. The molecule has 3 N–H and O–H groups in total. The van der Waals surface area contributed by atoms with Crippen molar-refractivity contribution in [1.82, 2.24) is 9.80 Å². The molecule has 0 saturated carbocycles. The van der Waals surface area contributed by atoms with Gasteiger partial charge in [-0.25, -0.2) is 4.79 Å². The van der Waals surface area contributed by atoms with Crippen molar-refractivity contribution < 1.29 is 14.7 Å². The third-order valence-electron chi connectivity index (χ3n) is 3.97. The first-order valence-electron chi connectivity index (χ1n) is 6.27. The average molecular weight is 255 g/mol. The van der Waals surface area contributed by atoms with Gasteiger partial charge in [0.15, 0.2) is 0 Å². The van der Waals surface area contributed by atoms with Gasteiger partial charge in [-0.3, -0.25) is 4.79 Å². The first kappa shape index (κ1) is 13.1. The second-order valence-corrected chi connectivity index (χ2v) is 6.31. The maximum atomic E-state index is 12.3. The average Bonchev–Trinajstić information content (AvgIpc) is 2.84. The number of likely N-dealkylation sites (tertiary alicyclic amines) is 2. The molecule has 2 aliphatic rings. The molecule has 2 heterocycles. The Morgan fingerprint density at radius 1 is 1.22 bits per heavy atom. The van der Waals surface area contributed by atoms with E-state index < -0.39 is 12.1 Å². The van der Waals surface area contributed by atoms with Crippen LogP contribution in [0.25, 0.3) is 0 Å². The second-order valence-electron chi connectivity index (χ2n) is 6.31. The van der Waals surface area contributed by atoms with Crippen molar-refractivity contribution in [1.29, 1.82) is 0 Å². The van der Waals surface area contributed by atoms with Crippen LogP contribution in [0.15, 0.2) is 0 Å². The van der Waals surface area contributed by atoms with Crippen LogP contribution in [0.4, 0.5) is 4.79 Å². The second kappa shape index (κ2) is 4.12. The molecular formula is C12H21N3O3. The summed E-state index contributed by atoms with van der Waals surface area (Å²) in [5.41, 5.74) is 5.71. The van der Waals surface area contributed by atoms with Gasteiger partial charge in [-0.2, -0.15) is 0 Å². The quantitative estimate of drug-likeness (QED) is 0.706. The number of carboxylic acid groups (broad SMARTS) is 1. The third-order valence-corrected chi connectivity index (χ3v) is 3.97. The van der Waals surface area contributed by atoms with E-state index in [0.29, 0.717) is 13.1 Å². The summed E-state index contributed by atoms with van der Waals surface area (Å²) in [6, 6.07) is -0.578. The molecule has 18 heavy (non-hydrogen) atoms. The first-order chi connectivity index (χ1) is 8.21. The van der Waals surface area contributed by atoms with Crippen molar-refractivity contribution in [3.8, 4) is 0 Å². The fraction of sp³-hybridized carbons (Fsp3) is 0.833. The van der Waals surface area contributed by atoms with E-state index in [2.05, 4.69) is 0 Å². The molecule has 6 nitrogen and oxygen atoms in total. The Morgan fingerprint density at radius 2 is 1.72 bits per heavy atom. The van der Waals surface area contributed by atoms with Crippen molar-refractivity contribution in [2.75, 3.05) is 13.1 Å². The summed E-state index contributed by atoms with van der Waals surface area (Å²) in [5.74, 6) is -0.0555. The monoisotopic (exact) mass is 255 g/mol. The predicted octanol–water partition coefficient (Wildman–Crippen LogP) is 0.323. The van der Waals surface area contributed by atoms with Crippen LogP contribution < -0.4 is 5.73 Å². The lowest BCUT2D eigenvalue weighted by atomic mass is 9.86. The minimum absolute atomic E-state index is 0.00648. The third kappa shape index (κ3) is 2.05. The molecule has 2 aliphatic heterocycles. The molecule has 0 aromatic carbocycles. The van der Waals surface area contributed by atoms with Crippen LogP contribution in [-0.4, -0.2) is 58.1 Å². The van der Waals surface area contributed by atoms with Gasteiger partial charge in [0, 0.05) is 13.1 Å². The summed E-state index contributed by atoms with van der Waals surface area (Å²) >= 11 is 0. The smallest absolute Gasteiger partial charge is 0.407 e. The molecule has 0 aromatic heterocycles. The number of fused-ring (bicyclic) bond motifs is 2. The molecule has 102 valence electrons. The van der Waals surface area contributed by atoms with Crippen molar-refractivity contribution in [3.63, 3.8) is 0 Å². The van der Waals surface area contributed by atoms with E-state index in [9.17, 15) is 9.59 Å². The van der Waals surface area contributed by atoms with Crippen LogP contribution in [0.5, 0.6) is 0 Å². The standard InChI is InChI=1S/C12H21N3O3/c1-12(2,3)9(13)10(16)14-5-8-4-7(14)6-15(8)11(17)18/h7-9H,4-6,13H2,1-3H3,(H,17,18)/t7?,8?,9-/m1/s1. The number of amides is 2. The number of nitrogens with zero attached hydrogens (tertiary/aromatic N) is 2. The van der Waals surface area contributed by atoms with Crippen LogP contribution in [0.3, 0.4) is 0 Å². The minimum Gasteiger partial charge on any atom is -0.465 e. The van der Waals surface area contributed by atoms with Crippen LogP contribution in [-0.2, 0) is 4.79 Å². The van der Waals surface area contributed by atoms with Crippen LogP contribution in [0.1, 0.15) is 27.2 Å². The SMILES string of the molecule is CC(C)(C)[C@H](N)C(=O)N1CC2CC1CN2C(=O)O. The molecule has 2 unspecified atom stereocenters. The highest BCUT2D eigenvalue weighted by molar-refractivity contribution is 5.83. The lowest BCUT2D eigenvalue weighted by Crippen LogP contribution is -2.56. The molecule has 2 bridgehead atoms. The number of piperazine rings is 1. The molecule has 0 aliphatic carbocycles. The van der Waals surface area contributed by atoms with Gasteiger partial charge in [0.05, 0.1) is 18.1 Å². The Bertz CT molecular complexity index is 377. The van der Waals surface area contributed by atoms with Crippen LogP contribution >= 0.6 is 0 Å². The molecule has 2 amide bonds. The van der Waals surface area contributed by atoms with E-state index in [1.54, 1.807) is 4.90 Å². The van der Waals surface area contributed by atoms with Crippen molar-refractivity contribution in [2.45, 2.75) is 45.3 Å². The zero-order valence-electron chi connectivity index (χ0n) is 11.1. The fourth-order valence-corrected chi connectivity index (χ4v) is 2.72. The van der Waals surface area contributed by atoms with Gasteiger partial charge in [-0.15, -0.1) is 0 Å². The first-order valence-corrected chi connectivity index (χ1v) is 6.27. The molecule has 2 rings (SSSR count). The van der Waals surface area contributed by atoms with Gasteiger partial charge in [0.2, 0.25) is 5.91 Å². The summed E-state index contributed by atoms with van der Waals surface area (Å²) in [7, 11) is 0. The fourth-order valence-electron chi connectivity index (χ4n) is 2.72. The van der Waals surface area contributed by atoms with E-state index >= 15 is 0 Å². The maximum Gasteiger partial charge on any atom is 0.407 e. The summed E-state index contributed by atoms with van der Waals surface area (Å²) in [6.07, 6.45) is -0.149. The zero-order valence-corrected chi connectivity index (χ0v) is 11.1. The highest BCUT2D eigenvalue weighted by Gasteiger charge is 2.48. The van der Waals surface area contributed by atoms with E-state index in [-0.39, 0.29) is 23.4 Å². The largest absolute Gasteiger partial charge is 0.465 e. The van der Waals surface area contributed by atoms with Crippen LogP contribution in [0, 0.1) is 5.41 Å². The van der Waals surface area contributed by atoms with E-state index in [0.717, 1.165) is 6.42 Å². The van der Waals surface area contributed by atoms with Gasteiger partial charge >= 0.3 is 6.09 Å². The van der Waals surface area contributed by atoms with Gasteiger partial charge in [-0.05, 0) is 11.8 Å². The Kier molecular flexibility index (Phi) is 3.01. The van der Waals surface area contributed by atoms with Crippen LogP contribution in [0.2, 0.25) is 0 Å². The zero-order chi connectivity index (χ0) is 13.7. The van der Waals surface area contributed by atoms with Gasteiger partial charge < -0.3 is 20.6 Å². The highest BCUT2D eigenvalue weighted by atomic mass is 16.4. The molecule has 6 heteroatoms. The normalized spacial score (nSPS) is 28.7. The predicted molar refractivity (Wildman–Crippen MR) is 66.1 cm³/mol.